The van der Waals surface area contributed by atoms with Crippen molar-refractivity contribution in [2.75, 3.05) is 13.1 Å². The number of aromatic nitrogens is 3. The number of carbonyl (C=O) groups is 1. The third-order valence-corrected chi connectivity index (χ3v) is 4.07. The number of nitrogens with zero attached hydrogens (tertiary/aromatic N) is 4. The minimum absolute atomic E-state index is 0.0465. The molecule has 0 radical (unpaired) electrons. The van der Waals surface area contributed by atoms with Crippen molar-refractivity contribution in [3.05, 3.63) is 11.9 Å². The van der Waals surface area contributed by atoms with E-state index in [0.717, 1.165) is 38.4 Å². The van der Waals surface area contributed by atoms with Crippen molar-refractivity contribution in [2.24, 2.45) is 5.92 Å². The predicted molar refractivity (Wildman–Crippen MR) is 67.1 cm³/mol. The van der Waals surface area contributed by atoms with Crippen molar-refractivity contribution in [3.8, 4) is 0 Å². The number of carbonyl (C=O) groups excluding carboxylic acids is 1. The molecule has 1 aromatic rings. The molecule has 2 fully saturated rings. The van der Waals surface area contributed by atoms with Gasteiger partial charge in [0.25, 0.3) is 5.91 Å². The van der Waals surface area contributed by atoms with Crippen LogP contribution in [0.15, 0.2) is 6.20 Å². The van der Waals surface area contributed by atoms with Gasteiger partial charge in [0.15, 0.2) is 5.69 Å². The van der Waals surface area contributed by atoms with Crippen molar-refractivity contribution in [3.63, 3.8) is 0 Å². The molecule has 5 heteroatoms. The third kappa shape index (κ3) is 2.40. The highest BCUT2D eigenvalue weighted by Gasteiger charge is 2.23. The quantitative estimate of drug-likeness (QED) is 0.818. The van der Waals surface area contributed by atoms with Gasteiger partial charge in [-0.3, -0.25) is 9.48 Å². The number of amides is 1. The van der Waals surface area contributed by atoms with Crippen LogP contribution in [0.5, 0.6) is 0 Å². The van der Waals surface area contributed by atoms with Crippen LogP contribution in [-0.2, 0) is 6.54 Å². The first-order valence-electron chi connectivity index (χ1n) is 7.02. The fraction of sp³-hybridized carbons (Fsp3) is 0.769. The normalized spacial score (nSPS) is 20.8. The van der Waals surface area contributed by atoms with E-state index in [1.54, 1.807) is 0 Å². The molecule has 0 aromatic carbocycles. The van der Waals surface area contributed by atoms with Gasteiger partial charge in [-0.15, -0.1) is 5.10 Å². The Bertz CT molecular complexity index is 416. The van der Waals surface area contributed by atoms with Crippen LogP contribution < -0.4 is 0 Å². The summed E-state index contributed by atoms with van der Waals surface area (Å²) >= 11 is 0. The molecule has 0 atom stereocenters. The number of hydrogen-bond donors (Lipinski definition) is 0. The predicted octanol–water partition coefficient (Wildman–Crippen LogP) is 1.70. The second-order valence-electron chi connectivity index (χ2n) is 5.48. The average Bonchev–Trinajstić information content (AvgIpc) is 3.11. The average molecular weight is 248 g/mol. The van der Waals surface area contributed by atoms with E-state index in [-0.39, 0.29) is 5.91 Å². The Morgan fingerprint density at radius 3 is 2.67 bits per heavy atom. The summed E-state index contributed by atoms with van der Waals surface area (Å²) in [5.41, 5.74) is 0.509. The smallest absolute Gasteiger partial charge is 0.276 e. The highest BCUT2D eigenvalue weighted by Crippen LogP contribution is 2.25. The molecule has 5 nitrogen and oxygen atoms in total. The van der Waals surface area contributed by atoms with E-state index in [1.807, 2.05) is 15.8 Å². The van der Waals surface area contributed by atoms with Crippen LogP contribution in [0.25, 0.3) is 0 Å². The summed E-state index contributed by atoms with van der Waals surface area (Å²) in [4.78, 5) is 14.0. The number of rotatable bonds is 3. The first-order valence-corrected chi connectivity index (χ1v) is 7.02. The van der Waals surface area contributed by atoms with E-state index < -0.39 is 0 Å². The van der Waals surface area contributed by atoms with Gasteiger partial charge in [0, 0.05) is 19.6 Å². The highest BCUT2D eigenvalue weighted by atomic mass is 16.2. The van der Waals surface area contributed by atoms with Crippen molar-refractivity contribution in [2.45, 2.75) is 45.1 Å². The first kappa shape index (κ1) is 11.7. The van der Waals surface area contributed by atoms with Crippen LogP contribution in [0.2, 0.25) is 0 Å². The minimum atomic E-state index is 0.0465. The van der Waals surface area contributed by atoms with Crippen LogP contribution in [0, 0.1) is 5.92 Å². The Balaban J connectivity index is 1.63. The Kier molecular flexibility index (Phi) is 3.30. The lowest BCUT2D eigenvalue weighted by atomic mass is 10.1. The topological polar surface area (TPSA) is 51.0 Å². The fourth-order valence-electron chi connectivity index (χ4n) is 3.03. The molecule has 1 saturated heterocycles. The second kappa shape index (κ2) is 5.08. The summed E-state index contributed by atoms with van der Waals surface area (Å²) in [5.74, 6) is 0.770. The monoisotopic (exact) mass is 248 g/mol. The van der Waals surface area contributed by atoms with E-state index >= 15 is 0 Å². The van der Waals surface area contributed by atoms with Gasteiger partial charge >= 0.3 is 0 Å². The molecular weight excluding hydrogens is 228 g/mol. The summed E-state index contributed by atoms with van der Waals surface area (Å²) in [7, 11) is 0. The molecule has 3 rings (SSSR count). The lowest BCUT2D eigenvalue weighted by Crippen LogP contribution is -2.27. The van der Waals surface area contributed by atoms with Crippen molar-refractivity contribution < 1.29 is 4.79 Å². The molecule has 98 valence electrons. The zero-order chi connectivity index (χ0) is 12.4. The molecule has 0 unspecified atom stereocenters. The van der Waals surface area contributed by atoms with Gasteiger partial charge in [0.05, 0.1) is 6.20 Å². The van der Waals surface area contributed by atoms with Gasteiger partial charge in [-0.25, -0.2) is 0 Å². The molecule has 0 N–H and O–H groups in total. The van der Waals surface area contributed by atoms with Crippen LogP contribution in [0.1, 0.15) is 49.0 Å². The molecule has 1 amide bonds. The van der Waals surface area contributed by atoms with Crippen molar-refractivity contribution in [1.29, 1.82) is 0 Å². The van der Waals surface area contributed by atoms with E-state index in [9.17, 15) is 4.79 Å². The largest absolute Gasteiger partial charge is 0.337 e. The molecule has 1 saturated carbocycles. The minimum Gasteiger partial charge on any atom is -0.337 e. The molecule has 1 aliphatic heterocycles. The van der Waals surface area contributed by atoms with Gasteiger partial charge in [0.1, 0.15) is 0 Å². The lowest BCUT2D eigenvalue weighted by Gasteiger charge is -2.12. The molecule has 1 aliphatic carbocycles. The summed E-state index contributed by atoms with van der Waals surface area (Å²) in [6.07, 6.45) is 9.28. The van der Waals surface area contributed by atoms with E-state index in [2.05, 4.69) is 10.3 Å². The zero-order valence-corrected chi connectivity index (χ0v) is 10.7. The van der Waals surface area contributed by atoms with E-state index in [1.165, 1.54) is 25.7 Å². The van der Waals surface area contributed by atoms with Crippen LogP contribution in [-0.4, -0.2) is 38.9 Å². The van der Waals surface area contributed by atoms with E-state index in [0.29, 0.717) is 5.69 Å². The maximum absolute atomic E-state index is 12.1. The summed E-state index contributed by atoms with van der Waals surface area (Å²) in [6, 6.07) is 0. The van der Waals surface area contributed by atoms with Gasteiger partial charge in [-0.05, 0) is 31.6 Å². The Hall–Kier alpha value is -1.39. The second-order valence-corrected chi connectivity index (χ2v) is 5.48. The third-order valence-electron chi connectivity index (χ3n) is 4.07. The molecule has 0 spiro atoms. The molecule has 2 heterocycles. The summed E-state index contributed by atoms with van der Waals surface area (Å²) in [6.45, 7) is 2.66. The van der Waals surface area contributed by atoms with Crippen LogP contribution in [0.3, 0.4) is 0 Å². The fourth-order valence-corrected chi connectivity index (χ4v) is 3.03. The summed E-state index contributed by atoms with van der Waals surface area (Å²) < 4.78 is 1.85. The Morgan fingerprint density at radius 1 is 1.22 bits per heavy atom. The van der Waals surface area contributed by atoms with Gasteiger partial charge in [0.2, 0.25) is 0 Å². The molecular formula is C13H20N4O. The highest BCUT2D eigenvalue weighted by molar-refractivity contribution is 5.92. The molecule has 18 heavy (non-hydrogen) atoms. The number of hydrogen-bond acceptors (Lipinski definition) is 3. The van der Waals surface area contributed by atoms with Gasteiger partial charge < -0.3 is 4.90 Å². The van der Waals surface area contributed by atoms with Crippen LogP contribution >= 0.6 is 0 Å². The maximum Gasteiger partial charge on any atom is 0.276 e. The zero-order valence-electron chi connectivity index (χ0n) is 10.7. The van der Waals surface area contributed by atoms with Crippen LogP contribution in [0.4, 0.5) is 0 Å². The van der Waals surface area contributed by atoms with Gasteiger partial charge in [-0.1, -0.05) is 18.1 Å². The van der Waals surface area contributed by atoms with Gasteiger partial charge in [-0.2, -0.15) is 0 Å². The molecule has 2 aliphatic rings. The Labute approximate surface area is 107 Å². The number of likely N-dealkylation sites (tertiary alicyclic amines) is 1. The molecule has 0 bridgehead atoms. The SMILES string of the molecule is O=C(c1cn(CC2CCCC2)nn1)N1CCCC1. The Morgan fingerprint density at radius 2 is 1.94 bits per heavy atom. The standard InChI is InChI=1S/C13H20N4O/c18-13(16-7-3-4-8-16)12-10-17(15-14-12)9-11-5-1-2-6-11/h10-11H,1-9H2. The first-order chi connectivity index (χ1) is 8.83. The maximum atomic E-state index is 12.1. The van der Waals surface area contributed by atoms with E-state index in [4.69, 9.17) is 0 Å². The summed E-state index contributed by atoms with van der Waals surface area (Å²) in [5, 5.41) is 8.12. The lowest BCUT2D eigenvalue weighted by molar-refractivity contribution is 0.0787. The van der Waals surface area contributed by atoms with Crippen molar-refractivity contribution in [1.82, 2.24) is 19.9 Å². The van der Waals surface area contributed by atoms with Crippen molar-refractivity contribution >= 4 is 5.91 Å². The molecule has 1 aromatic heterocycles.